The zero-order valence-corrected chi connectivity index (χ0v) is 11.9. The highest BCUT2D eigenvalue weighted by atomic mass is 14.9. The molecule has 2 nitrogen and oxygen atoms in total. The third kappa shape index (κ3) is 4.05. The van der Waals surface area contributed by atoms with Crippen molar-refractivity contribution in [3.63, 3.8) is 0 Å². The number of hydrogen-bond donors (Lipinski definition) is 2. The fraction of sp³-hybridized carbons (Fsp3) is 0.412. The van der Waals surface area contributed by atoms with Crippen molar-refractivity contribution in [1.29, 1.82) is 0 Å². The van der Waals surface area contributed by atoms with Crippen LogP contribution in [-0.2, 0) is 6.54 Å². The molecular formula is C17H24N2. The summed E-state index contributed by atoms with van der Waals surface area (Å²) in [6, 6.07) is 15.1. The van der Waals surface area contributed by atoms with E-state index in [-0.39, 0.29) is 5.41 Å². The summed E-state index contributed by atoms with van der Waals surface area (Å²) in [6.45, 7) is 7.18. The van der Waals surface area contributed by atoms with Crippen LogP contribution in [0.4, 0.5) is 0 Å². The fourth-order valence-electron chi connectivity index (χ4n) is 2.37. The van der Waals surface area contributed by atoms with E-state index in [4.69, 9.17) is 5.73 Å². The van der Waals surface area contributed by atoms with E-state index in [0.29, 0.717) is 0 Å². The highest BCUT2D eigenvalue weighted by Gasteiger charge is 2.15. The molecule has 0 fully saturated rings. The molecule has 0 atom stereocenters. The van der Waals surface area contributed by atoms with Gasteiger partial charge in [0.1, 0.15) is 0 Å². The third-order valence-electron chi connectivity index (χ3n) is 3.57. The summed E-state index contributed by atoms with van der Waals surface area (Å²) in [7, 11) is 0. The molecule has 2 rings (SSSR count). The highest BCUT2D eigenvalue weighted by Crippen LogP contribution is 2.19. The molecule has 2 aromatic rings. The van der Waals surface area contributed by atoms with Crippen LogP contribution in [0, 0.1) is 5.41 Å². The molecule has 0 radical (unpaired) electrons. The Kier molecular flexibility index (Phi) is 4.56. The first-order valence-electron chi connectivity index (χ1n) is 6.99. The van der Waals surface area contributed by atoms with Gasteiger partial charge >= 0.3 is 0 Å². The fourth-order valence-corrected chi connectivity index (χ4v) is 2.37. The third-order valence-corrected chi connectivity index (χ3v) is 3.57. The predicted octanol–water partition coefficient (Wildman–Crippen LogP) is 3.30. The van der Waals surface area contributed by atoms with Crippen molar-refractivity contribution in [2.24, 2.45) is 11.1 Å². The number of nitrogens with one attached hydrogen (secondary N) is 1. The number of hydrogen-bond acceptors (Lipinski definition) is 2. The quantitative estimate of drug-likeness (QED) is 0.832. The van der Waals surface area contributed by atoms with Gasteiger partial charge in [0.15, 0.2) is 0 Å². The normalized spacial score (nSPS) is 11.9. The molecule has 0 aromatic heterocycles. The molecule has 0 unspecified atom stereocenters. The molecule has 0 amide bonds. The second kappa shape index (κ2) is 6.18. The van der Waals surface area contributed by atoms with Crippen molar-refractivity contribution in [1.82, 2.24) is 5.32 Å². The lowest BCUT2D eigenvalue weighted by Gasteiger charge is -2.24. The summed E-state index contributed by atoms with van der Waals surface area (Å²) in [5.74, 6) is 0. The van der Waals surface area contributed by atoms with Gasteiger partial charge < -0.3 is 11.1 Å². The van der Waals surface area contributed by atoms with Crippen molar-refractivity contribution < 1.29 is 0 Å². The lowest BCUT2D eigenvalue weighted by atomic mass is 9.89. The molecule has 0 aliphatic rings. The second-order valence-corrected chi connectivity index (χ2v) is 5.99. The number of rotatable bonds is 6. The Morgan fingerprint density at radius 1 is 1.05 bits per heavy atom. The summed E-state index contributed by atoms with van der Waals surface area (Å²) in [5, 5.41) is 6.14. The first-order valence-corrected chi connectivity index (χ1v) is 6.99. The molecule has 3 N–H and O–H groups in total. The average molecular weight is 256 g/mol. The Hall–Kier alpha value is -1.38. The lowest BCUT2D eigenvalue weighted by Crippen LogP contribution is -2.30. The van der Waals surface area contributed by atoms with E-state index in [1.165, 1.54) is 16.3 Å². The monoisotopic (exact) mass is 256 g/mol. The van der Waals surface area contributed by atoms with E-state index in [9.17, 15) is 0 Å². The van der Waals surface area contributed by atoms with Crippen LogP contribution in [0.15, 0.2) is 42.5 Å². The van der Waals surface area contributed by atoms with Gasteiger partial charge in [0, 0.05) is 13.1 Å². The van der Waals surface area contributed by atoms with Crippen LogP contribution in [0.25, 0.3) is 10.8 Å². The Bertz CT molecular complexity index is 532. The van der Waals surface area contributed by atoms with Crippen molar-refractivity contribution in [3.8, 4) is 0 Å². The molecular weight excluding hydrogens is 232 g/mol. The maximum absolute atomic E-state index is 5.63. The molecule has 2 heteroatoms. The molecule has 0 saturated heterocycles. The molecule has 0 aliphatic carbocycles. The van der Waals surface area contributed by atoms with Crippen molar-refractivity contribution >= 4 is 10.8 Å². The van der Waals surface area contributed by atoms with Crippen LogP contribution in [0.1, 0.15) is 25.8 Å². The molecule has 0 bridgehead atoms. The number of nitrogens with two attached hydrogens (primary N) is 1. The van der Waals surface area contributed by atoms with Crippen LogP contribution in [-0.4, -0.2) is 13.1 Å². The predicted molar refractivity (Wildman–Crippen MR) is 83.1 cm³/mol. The van der Waals surface area contributed by atoms with Gasteiger partial charge in [-0.3, -0.25) is 0 Å². The average Bonchev–Trinajstić information content (AvgIpc) is 2.38. The van der Waals surface area contributed by atoms with E-state index >= 15 is 0 Å². The Balaban J connectivity index is 1.95. The SMILES string of the molecule is CC(C)(CCN)CNCc1ccc2ccccc2c1. The maximum Gasteiger partial charge on any atom is 0.0205 e. The van der Waals surface area contributed by atoms with E-state index < -0.39 is 0 Å². The van der Waals surface area contributed by atoms with Crippen molar-refractivity contribution in [2.45, 2.75) is 26.8 Å². The minimum Gasteiger partial charge on any atom is -0.330 e. The molecule has 0 spiro atoms. The van der Waals surface area contributed by atoms with Gasteiger partial charge in [-0.15, -0.1) is 0 Å². The van der Waals surface area contributed by atoms with Gasteiger partial charge in [0.25, 0.3) is 0 Å². The Morgan fingerprint density at radius 2 is 1.79 bits per heavy atom. The Labute approximate surface area is 116 Å². The standard InChI is InChI=1S/C17H24N2/c1-17(2,9-10-18)13-19-12-14-7-8-15-5-3-4-6-16(15)11-14/h3-8,11,19H,9-10,12-13,18H2,1-2H3. The zero-order chi connectivity index (χ0) is 13.7. The molecule has 19 heavy (non-hydrogen) atoms. The first-order chi connectivity index (χ1) is 9.11. The minimum absolute atomic E-state index is 0.269. The summed E-state index contributed by atoms with van der Waals surface area (Å²) in [6.07, 6.45) is 1.05. The van der Waals surface area contributed by atoms with Crippen LogP contribution >= 0.6 is 0 Å². The van der Waals surface area contributed by atoms with Gasteiger partial charge in [-0.2, -0.15) is 0 Å². The molecule has 0 aliphatic heterocycles. The Morgan fingerprint density at radius 3 is 2.53 bits per heavy atom. The van der Waals surface area contributed by atoms with Crippen molar-refractivity contribution in [2.75, 3.05) is 13.1 Å². The first kappa shape index (κ1) is 14.0. The summed E-state index contributed by atoms with van der Waals surface area (Å²) in [5.41, 5.74) is 7.24. The molecule has 0 saturated carbocycles. The lowest BCUT2D eigenvalue weighted by molar-refractivity contribution is 0.319. The zero-order valence-electron chi connectivity index (χ0n) is 11.9. The molecule has 0 heterocycles. The van der Waals surface area contributed by atoms with Gasteiger partial charge in [-0.25, -0.2) is 0 Å². The van der Waals surface area contributed by atoms with Crippen LogP contribution in [0.2, 0.25) is 0 Å². The van der Waals surface area contributed by atoms with E-state index in [1.54, 1.807) is 0 Å². The molecule has 2 aromatic carbocycles. The maximum atomic E-state index is 5.63. The second-order valence-electron chi connectivity index (χ2n) is 5.99. The summed E-state index contributed by atoms with van der Waals surface area (Å²) in [4.78, 5) is 0. The topological polar surface area (TPSA) is 38.0 Å². The van der Waals surface area contributed by atoms with Gasteiger partial charge in [0.2, 0.25) is 0 Å². The van der Waals surface area contributed by atoms with Crippen molar-refractivity contribution in [3.05, 3.63) is 48.0 Å². The summed E-state index contributed by atoms with van der Waals surface area (Å²) < 4.78 is 0. The number of benzene rings is 2. The number of fused-ring (bicyclic) bond motifs is 1. The molecule has 102 valence electrons. The smallest absolute Gasteiger partial charge is 0.0205 e. The van der Waals surface area contributed by atoms with Gasteiger partial charge in [-0.1, -0.05) is 50.2 Å². The van der Waals surface area contributed by atoms with E-state index in [2.05, 4.69) is 61.6 Å². The van der Waals surface area contributed by atoms with Crippen LogP contribution in [0.5, 0.6) is 0 Å². The van der Waals surface area contributed by atoms with Gasteiger partial charge in [0.05, 0.1) is 0 Å². The van der Waals surface area contributed by atoms with Crippen LogP contribution < -0.4 is 11.1 Å². The summed E-state index contributed by atoms with van der Waals surface area (Å²) >= 11 is 0. The van der Waals surface area contributed by atoms with Crippen LogP contribution in [0.3, 0.4) is 0 Å². The van der Waals surface area contributed by atoms with E-state index in [0.717, 1.165) is 26.1 Å². The van der Waals surface area contributed by atoms with E-state index in [1.807, 2.05) is 0 Å². The van der Waals surface area contributed by atoms with Gasteiger partial charge in [-0.05, 0) is 40.8 Å². The highest BCUT2D eigenvalue weighted by molar-refractivity contribution is 5.82. The minimum atomic E-state index is 0.269. The largest absolute Gasteiger partial charge is 0.330 e.